The molecule has 2 aliphatic rings. The Morgan fingerprint density at radius 2 is 2.19 bits per heavy atom. The van der Waals surface area contributed by atoms with Crippen LogP contribution in [0.5, 0.6) is 0 Å². The van der Waals surface area contributed by atoms with E-state index in [4.69, 9.17) is 0 Å². The van der Waals surface area contributed by atoms with Gasteiger partial charge in [-0.05, 0) is 51.2 Å². The van der Waals surface area contributed by atoms with Gasteiger partial charge in [-0.25, -0.2) is 13.5 Å². The number of nitrogens with one attached hydrogen (secondary N) is 1. The van der Waals surface area contributed by atoms with Crippen molar-refractivity contribution < 1.29 is 18.7 Å². The summed E-state index contributed by atoms with van der Waals surface area (Å²) in [6.07, 6.45) is 2.19. The maximum absolute atomic E-state index is 14.3. The minimum atomic E-state index is -0.868. The molecule has 1 fully saturated rings. The van der Waals surface area contributed by atoms with Crippen molar-refractivity contribution in [3.8, 4) is 5.69 Å². The van der Waals surface area contributed by atoms with Crippen LogP contribution in [-0.4, -0.2) is 32.9 Å². The van der Waals surface area contributed by atoms with Gasteiger partial charge in [0.05, 0.1) is 11.3 Å². The number of fused-ring (bicyclic) bond motifs is 3. The van der Waals surface area contributed by atoms with Gasteiger partial charge in [-0.3, -0.25) is 4.79 Å². The minimum absolute atomic E-state index is 0.158. The summed E-state index contributed by atoms with van der Waals surface area (Å²) in [4.78, 5) is 12.6. The average molecular weight is 361 g/mol. The number of benzene rings is 1. The first-order valence-electron chi connectivity index (χ1n) is 8.82. The lowest BCUT2D eigenvalue weighted by Crippen LogP contribution is -2.31. The summed E-state index contributed by atoms with van der Waals surface area (Å²) < 4.78 is 29.0. The molecule has 0 bridgehead atoms. The lowest BCUT2D eigenvalue weighted by molar-refractivity contribution is 0.0692. The molecule has 1 amide bonds. The van der Waals surface area contributed by atoms with Gasteiger partial charge < -0.3 is 10.4 Å². The van der Waals surface area contributed by atoms with Crippen molar-refractivity contribution in [3.05, 3.63) is 46.8 Å². The second-order valence-corrected chi connectivity index (χ2v) is 7.84. The van der Waals surface area contributed by atoms with Gasteiger partial charge in [0.25, 0.3) is 5.91 Å². The Morgan fingerprint density at radius 3 is 2.88 bits per heavy atom. The van der Waals surface area contributed by atoms with Crippen LogP contribution < -0.4 is 5.32 Å². The number of hydrogen-bond donors (Lipinski definition) is 2. The molecule has 2 N–H and O–H groups in total. The number of aromatic nitrogens is 2. The summed E-state index contributed by atoms with van der Waals surface area (Å²) in [5.74, 6) is -0.897. The van der Waals surface area contributed by atoms with Gasteiger partial charge in [0, 0.05) is 24.1 Å². The molecule has 0 aliphatic heterocycles. The summed E-state index contributed by atoms with van der Waals surface area (Å²) >= 11 is 0. The molecule has 1 heterocycles. The van der Waals surface area contributed by atoms with Crippen LogP contribution in [-0.2, 0) is 6.42 Å². The van der Waals surface area contributed by atoms with Crippen LogP contribution >= 0.6 is 0 Å². The fraction of sp³-hybridized carbons (Fsp3) is 0.474. The topological polar surface area (TPSA) is 67.2 Å². The zero-order chi connectivity index (χ0) is 18.6. The van der Waals surface area contributed by atoms with Gasteiger partial charge in [0.1, 0.15) is 11.5 Å². The van der Waals surface area contributed by atoms with Crippen LogP contribution in [0.3, 0.4) is 0 Å². The van der Waals surface area contributed by atoms with Crippen LogP contribution in [0.2, 0.25) is 0 Å². The number of amides is 1. The van der Waals surface area contributed by atoms with Crippen molar-refractivity contribution in [3.63, 3.8) is 0 Å². The Labute approximate surface area is 150 Å². The zero-order valence-electron chi connectivity index (χ0n) is 14.7. The Morgan fingerprint density at radius 1 is 1.42 bits per heavy atom. The molecule has 2 aliphatic carbocycles. The molecule has 2 aromatic rings. The predicted molar refractivity (Wildman–Crippen MR) is 91.3 cm³/mol. The van der Waals surface area contributed by atoms with E-state index in [0.29, 0.717) is 30.5 Å². The number of carbonyl (C=O) groups is 1. The van der Waals surface area contributed by atoms with Gasteiger partial charge >= 0.3 is 0 Å². The highest BCUT2D eigenvalue weighted by Crippen LogP contribution is 2.57. The molecule has 7 heteroatoms. The van der Waals surface area contributed by atoms with Crippen LogP contribution in [0.1, 0.15) is 54.4 Å². The van der Waals surface area contributed by atoms with Gasteiger partial charge in [-0.2, -0.15) is 5.10 Å². The monoisotopic (exact) mass is 361 g/mol. The van der Waals surface area contributed by atoms with E-state index in [1.807, 2.05) is 0 Å². The molecule has 1 aromatic heterocycles. The average Bonchev–Trinajstić information content (AvgIpc) is 3.04. The number of rotatable bonds is 5. The SMILES string of the molecule is CC(C)(O)CCNC(=O)c1nn(-c2ccc(F)cc2F)c2c1C[C@@H]1C[C@H]21. The first kappa shape index (κ1) is 17.1. The van der Waals surface area contributed by atoms with Crippen molar-refractivity contribution in [2.45, 2.75) is 44.6 Å². The van der Waals surface area contributed by atoms with Crippen molar-refractivity contribution in [2.75, 3.05) is 6.54 Å². The summed E-state index contributed by atoms with van der Waals surface area (Å²) in [5, 5.41) is 16.9. The summed E-state index contributed by atoms with van der Waals surface area (Å²) in [6, 6.07) is 3.37. The Bertz CT molecular complexity index is 886. The van der Waals surface area contributed by atoms with E-state index in [-0.39, 0.29) is 11.6 Å². The third-order valence-corrected chi connectivity index (χ3v) is 5.14. The number of carbonyl (C=O) groups excluding carboxylic acids is 1. The molecule has 2 atom stereocenters. The van der Waals surface area contributed by atoms with Crippen LogP contribution in [0, 0.1) is 17.6 Å². The van der Waals surface area contributed by atoms with Gasteiger partial charge in [0.15, 0.2) is 11.5 Å². The first-order chi connectivity index (χ1) is 12.2. The Balaban J connectivity index is 1.65. The summed E-state index contributed by atoms with van der Waals surface area (Å²) in [7, 11) is 0. The predicted octanol–water partition coefficient (Wildman–Crippen LogP) is 2.70. The fourth-order valence-electron chi connectivity index (χ4n) is 3.70. The molecule has 0 saturated heterocycles. The summed E-state index contributed by atoms with van der Waals surface area (Å²) in [5.41, 5.74) is 1.31. The standard InChI is InChI=1S/C19H21F2N3O2/c1-19(2,26)5-6-22-18(25)16-13-8-10-7-12(10)17(13)24(23-16)15-4-3-11(20)9-14(15)21/h3-4,9-10,12,26H,5-8H2,1-2H3,(H,22,25)/t10-,12-/m0/s1. The maximum Gasteiger partial charge on any atom is 0.272 e. The lowest BCUT2D eigenvalue weighted by Gasteiger charge is -2.16. The van der Waals surface area contributed by atoms with Crippen molar-refractivity contribution in [1.29, 1.82) is 0 Å². The summed E-state index contributed by atoms with van der Waals surface area (Å²) in [6.45, 7) is 3.68. The Hall–Kier alpha value is -2.28. The minimum Gasteiger partial charge on any atom is -0.390 e. The third-order valence-electron chi connectivity index (χ3n) is 5.14. The highest BCUT2D eigenvalue weighted by Gasteiger charge is 2.50. The van der Waals surface area contributed by atoms with E-state index < -0.39 is 17.2 Å². The van der Waals surface area contributed by atoms with E-state index in [2.05, 4.69) is 10.4 Å². The van der Waals surface area contributed by atoms with E-state index in [0.717, 1.165) is 30.2 Å². The fourth-order valence-corrected chi connectivity index (χ4v) is 3.70. The normalized spacial score (nSPS) is 20.7. The van der Waals surface area contributed by atoms with E-state index in [9.17, 15) is 18.7 Å². The molecule has 4 rings (SSSR count). The molecular formula is C19H21F2N3O2. The smallest absolute Gasteiger partial charge is 0.272 e. The molecule has 5 nitrogen and oxygen atoms in total. The van der Waals surface area contributed by atoms with E-state index >= 15 is 0 Å². The van der Waals surface area contributed by atoms with Gasteiger partial charge in [0.2, 0.25) is 0 Å². The maximum atomic E-state index is 14.3. The first-order valence-corrected chi connectivity index (χ1v) is 8.82. The second kappa shape index (κ2) is 5.87. The number of hydrogen-bond acceptors (Lipinski definition) is 3. The highest BCUT2D eigenvalue weighted by molar-refractivity contribution is 5.94. The molecule has 138 valence electrons. The van der Waals surface area contributed by atoms with Crippen molar-refractivity contribution in [1.82, 2.24) is 15.1 Å². The molecule has 1 saturated carbocycles. The molecule has 0 spiro atoms. The quantitative estimate of drug-likeness (QED) is 0.861. The van der Waals surface area contributed by atoms with Crippen LogP contribution in [0.4, 0.5) is 8.78 Å². The molecule has 0 radical (unpaired) electrons. The van der Waals surface area contributed by atoms with E-state index in [1.165, 1.54) is 16.8 Å². The second-order valence-electron chi connectivity index (χ2n) is 7.84. The highest BCUT2D eigenvalue weighted by atomic mass is 19.1. The number of aliphatic hydroxyl groups is 1. The number of nitrogens with zero attached hydrogens (tertiary/aromatic N) is 2. The lowest BCUT2D eigenvalue weighted by atomic mass is 10.1. The molecule has 26 heavy (non-hydrogen) atoms. The van der Waals surface area contributed by atoms with Crippen molar-refractivity contribution >= 4 is 5.91 Å². The van der Waals surface area contributed by atoms with Gasteiger partial charge in [-0.15, -0.1) is 0 Å². The largest absolute Gasteiger partial charge is 0.390 e. The Kier molecular flexibility index (Phi) is 3.87. The van der Waals surface area contributed by atoms with Crippen LogP contribution in [0.15, 0.2) is 18.2 Å². The van der Waals surface area contributed by atoms with Crippen LogP contribution in [0.25, 0.3) is 5.69 Å². The van der Waals surface area contributed by atoms with Gasteiger partial charge in [-0.1, -0.05) is 0 Å². The third kappa shape index (κ3) is 3.00. The molecule has 1 aromatic carbocycles. The zero-order valence-corrected chi connectivity index (χ0v) is 14.7. The number of halogens is 2. The molecular weight excluding hydrogens is 340 g/mol. The van der Waals surface area contributed by atoms with Crippen molar-refractivity contribution in [2.24, 2.45) is 5.92 Å². The molecule has 0 unspecified atom stereocenters. The van der Waals surface area contributed by atoms with E-state index in [1.54, 1.807) is 13.8 Å².